The predicted octanol–water partition coefficient (Wildman–Crippen LogP) is 0.990. The maximum atomic E-state index is 5.95. The van der Waals surface area contributed by atoms with Crippen molar-refractivity contribution in [1.29, 1.82) is 0 Å². The van der Waals surface area contributed by atoms with Gasteiger partial charge in [-0.2, -0.15) is 0 Å². The Morgan fingerprint density at radius 3 is 2.63 bits per heavy atom. The summed E-state index contributed by atoms with van der Waals surface area (Å²) in [5.41, 5.74) is 7.36. The third kappa shape index (κ3) is 3.06. The zero-order valence-electron chi connectivity index (χ0n) is 11.0. The molecule has 0 amide bonds. The lowest BCUT2D eigenvalue weighted by atomic mass is 10.2. The van der Waals surface area contributed by atoms with Crippen LogP contribution in [-0.2, 0) is 6.54 Å². The average Bonchev–Trinajstić information content (AvgIpc) is 2.93. The van der Waals surface area contributed by atoms with E-state index in [1.807, 2.05) is 6.07 Å². The number of nitrogen functional groups attached to an aromatic ring is 1. The number of anilines is 2. The fourth-order valence-corrected chi connectivity index (χ4v) is 1.70. The first-order valence-electron chi connectivity index (χ1n) is 5.84. The number of nitrogens with zero attached hydrogens (tertiary/aromatic N) is 3. The largest absolute Gasteiger partial charge is 0.493 e. The highest BCUT2D eigenvalue weighted by atomic mass is 16.5. The van der Waals surface area contributed by atoms with Crippen LogP contribution in [-0.4, -0.2) is 35.8 Å². The van der Waals surface area contributed by atoms with Crippen LogP contribution in [0.2, 0.25) is 0 Å². The molecule has 0 aliphatic heterocycles. The summed E-state index contributed by atoms with van der Waals surface area (Å²) in [5, 5.41) is 10.8. The number of rotatable bonds is 6. The summed E-state index contributed by atoms with van der Waals surface area (Å²) < 4.78 is 12.2. The Kier molecular flexibility index (Phi) is 4.07. The van der Waals surface area contributed by atoms with Crippen LogP contribution in [0.4, 0.5) is 11.4 Å². The Labute approximate surface area is 111 Å². The van der Waals surface area contributed by atoms with Gasteiger partial charge in [0.2, 0.25) is 0 Å². The number of hydrogen-bond donors (Lipinski definition) is 2. The molecule has 3 N–H and O–H groups in total. The van der Waals surface area contributed by atoms with Gasteiger partial charge in [-0.05, 0) is 0 Å². The summed E-state index contributed by atoms with van der Waals surface area (Å²) in [6.45, 7) is 1.39. The zero-order chi connectivity index (χ0) is 13.7. The van der Waals surface area contributed by atoms with E-state index in [1.165, 1.54) is 0 Å². The first-order chi connectivity index (χ1) is 9.24. The molecular weight excluding hydrogens is 246 g/mol. The number of aromatic nitrogens is 3. The topological polar surface area (TPSA) is 87.2 Å². The summed E-state index contributed by atoms with van der Waals surface area (Å²) >= 11 is 0. The second-order valence-electron chi connectivity index (χ2n) is 3.89. The van der Waals surface area contributed by atoms with Crippen LogP contribution in [0.1, 0.15) is 0 Å². The van der Waals surface area contributed by atoms with E-state index in [2.05, 4.69) is 15.6 Å². The van der Waals surface area contributed by atoms with Crippen molar-refractivity contribution >= 4 is 11.4 Å². The maximum Gasteiger partial charge on any atom is 0.162 e. The number of benzene rings is 1. The maximum absolute atomic E-state index is 5.95. The van der Waals surface area contributed by atoms with E-state index in [1.54, 1.807) is 37.4 Å². The molecule has 0 saturated carbocycles. The van der Waals surface area contributed by atoms with Gasteiger partial charge in [-0.15, -0.1) is 5.10 Å². The van der Waals surface area contributed by atoms with Crippen molar-refractivity contribution in [2.24, 2.45) is 0 Å². The van der Waals surface area contributed by atoms with Crippen molar-refractivity contribution in [3.05, 3.63) is 24.5 Å². The van der Waals surface area contributed by atoms with Gasteiger partial charge in [-0.1, -0.05) is 5.21 Å². The SMILES string of the molecule is COc1cc(N)c(NCCn2ccnn2)cc1OC. The van der Waals surface area contributed by atoms with Crippen LogP contribution in [0.25, 0.3) is 0 Å². The van der Waals surface area contributed by atoms with E-state index < -0.39 is 0 Å². The Bertz CT molecular complexity index is 527. The van der Waals surface area contributed by atoms with E-state index in [0.717, 1.165) is 5.69 Å². The Morgan fingerprint density at radius 2 is 2.00 bits per heavy atom. The summed E-state index contributed by atoms with van der Waals surface area (Å²) in [7, 11) is 3.17. The molecule has 0 fully saturated rings. The minimum Gasteiger partial charge on any atom is -0.493 e. The minimum absolute atomic E-state index is 0.608. The molecule has 0 unspecified atom stereocenters. The van der Waals surface area contributed by atoms with Crippen molar-refractivity contribution in [3.8, 4) is 11.5 Å². The molecule has 2 rings (SSSR count). The van der Waals surface area contributed by atoms with E-state index in [0.29, 0.717) is 30.3 Å². The van der Waals surface area contributed by atoms with Crippen molar-refractivity contribution in [3.63, 3.8) is 0 Å². The summed E-state index contributed by atoms with van der Waals surface area (Å²) in [4.78, 5) is 0. The van der Waals surface area contributed by atoms with Gasteiger partial charge in [0, 0.05) is 24.9 Å². The van der Waals surface area contributed by atoms with Crippen molar-refractivity contribution in [1.82, 2.24) is 15.0 Å². The minimum atomic E-state index is 0.608. The fourth-order valence-electron chi connectivity index (χ4n) is 1.70. The van der Waals surface area contributed by atoms with Gasteiger partial charge in [0.1, 0.15) is 0 Å². The Balaban J connectivity index is 2.03. The summed E-state index contributed by atoms with van der Waals surface area (Å²) in [6.07, 6.45) is 3.45. The summed E-state index contributed by atoms with van der Waals surface area (Å²) in [5.74, 6) is 1.25. The highest BCUT2D eigenvalue weighted by Gasteiger charge is 2.08. The standard InChI is InChI=1S/C12H17N5O2/c1-18-11-7-9(13)10(8-12(11)19-2)14-3-5-17-6-4-15-16-17/h4,6-8,14H,3,5,13H2,1-2H3. The van der Waals surface area contributed by atoms with Crippen LogP contribution < -0.4 is 20.5 Å². The van der Waals surface area contributed by atoms with E-state index in [9.17, 15) is 0 Å². The summed E-state index contributed by atoms with van der Waals surface area (Å²) in [6, 6.07) is 3.55. The van der Waals surface area contributed by atoms with Crippen LogP contribution in [0, 0.1) is 0 Å². The Hall–Kier alpha value is -2.44. The Morgan fingerprint density at radius 1 is 1.26 bits per heavy atom. The van der Waals surface area contributed by atoms with Gasteiger partial charge in [0.25, 0.3) is 0 Å². The van der Waals surface area contributed by atoms with E-state index in [-0.39, 0.29) is 0 Å². The van der Waals surface area contributed by atoms with Crippen LogP contribution >= 0.6 is 0 Å². The smallest absolute Gasteiger partial charge is 0.162 e. The molecule has 7 heteroatoms. The fraction of sp³-hybridized carbons (Fsp3) is 0.333. The number of methoxy groups -OCH3 is 2. The quantitative estimate of drug-likeness (QED) is 0.756. The van der Waals surface area contributed by atoms with E-state index in [4.69, 9.17) is 15.2 Å². The molecule has 1 aromatic carbocycles. The van der Waals surface area contributed by atoms with Gasteiger partial charge in [0.15, 0.2) is 11.5 Å². The molecule has 102 valence electrons. The third-order valence-electron chi connectivity index (χ3n) is 2.68. The lowest BCUT2D eigenvalue weighted by molar-refractivity contribution is 0.355. The molecule has 0 saturated heterocycles. The van der Waals surface area contributed by atoms with E-state index >= 15 is 0 Å². The average molecular weight is 263 g/mol. The second-order valence-corrected chi connectivity index (χ2v) is 3.89. The van der Waals surface area contributed by atoms with Crippen molar-refractivity contribution < 1.29 is 9.47 Å². The van der Waals surface area contributed by atoms with Gasteiger partial charge in [0.05, 0.1) is 38.3 Å². The molecule has 0 aliphatic carbocycles. The second kappa shape index (κ2) is 5.94. The lowest BCUT2D eigenvalue weighted by Gasteiger charge is -2.14. The van der Waals surface area contributed by atoms with Gasteiger partial charge in [-0.25, -0.2) is 0 Å². The number of nitrogens with two attached hydrogens (primary N) is 1. The van der Waals surface area contributed by atoms with Gasteiger partial charge < -0.3 is 20.5 Å². The van der Waals surface area contributed by atoms with Crippen LogP contribution in [0.15, 0.2) is 24.5 Å². The third-order valence-corrected chi connectivity index (χ3v) is 2.68. The molecule has 0 atom stereocenters. The predicted molar refractivity (Wildman–Crippen MR) is 72.5 cm³/mol. The molecule has 7 nitrogen and oxygen atoms in total. The molecule has 0 radical (unpaired) electrons. The monoisotopic (exact) mass is 263 g/mol. The molecule has 19 heavy (non-hydrogen) atoms. The van der Waals surface area contributed by atoms with Crippen molar-refractivity contribution in [2.75, 3.05) is 31.8 Å². The number of ether oxygens (including phenoxy) is 2. The van der Waals surface area contributed by atoms with Crippen LogP contribution in [0.3, 0.4) is 0 Å². The van der Waals surface area contributed by atoms with Crippen LogP contribution in [0.5, 0.6) is 11.5 Å². The zero-order valence-corrected chi connectivity index (χ0v) is 11.0. The molecular formula is C12H17N5O2. The molecule has 0 aliphatic rings. The molecule has 1 aromatic heterocycles. The number of nitrogens with one attached hydrogen (secondary N) is 1. The molecule has 1 heterocycles. The molecule has 0 bridgehead atoms. The lowest BCUT2D eigenvalue weighted by Crippen LogP contribution is -2.12. The first kappa shape index (κ1) is 13.0. The van der Waals surface area contributed by atoms with Crippen molar-refractivity contribution in [2.45, 2.75) is 6.54 Å². The van der Waals surface area contributed by atoms with Gasteiger partial charge >= 0.3 is 0 Å². The van der Waals surface area contributed by atoms with Gasteiger partial charge in [-0.3, -0.25) is 4.68 Å². The first-order valence-corrected chi connectivity index (χ1v) is 5.84. The molecule has 0 spiro atoms. The highest BCUT2D eigenvalue weighted by Crippen LogP contribution is 2.34. The normalized spacial score (nSPS) is 10.2. The highest BCUT2D eigenvalue weighted by molar-refractivity contribution is 5.71. The molecule has 2 aromatic rings. The number of hydrogen-bond acceptors (Lipinski definition) is 6.